The Hall–Kier alpha value is -2.87. The number of hydrogen-bond donors (Lipinski definition) is 3. The Kier molecular flexibility index (Phi) is 7.56. The van der Waals surface area contributed by atoms with E-state index in [1.165, 1.54) is 4.90 Å². The first-order valence-corrected chi connectivity index (χ1v) is 12.0. The molecule has 2 amide bonds. The average Bonchev–Trinajstić information content (AvgIpc) is 3.29. The molecule has 0 saturated carbocycles. The highest BCUT2D eigenvalue weighted by atomic mass is 35.5. The number of fused-ring (bicyclic) bond motifs is 1. The predicted molar refractivity (Wildman–Crippen MR) is 132 cm³/mol. The van der Waals surface area contributed by atoms with E-state index in [1.54, 1.807) is 36.4 Å². The van der Waals surface area contributed by atoms with Crippen LogP contribution >= 0.6 is 23.2 Å². The van der Waals surface area contributed by atoms with Crippen LogP contribution in [0.15, 0.2) is 59.9 Å². The molecule has 178 valence electrons. The summed E-state index contributed by atoms with van der Waals surface area (Å²) >= 11 is 12.2. The number of amides is 2. The Balaban J connectivity index is 1.80. The molecule has 9 heteroatoms. The minimum absolute atomic E-state index is 0.114. The molecule has 0 bridgehead atoms. The number of carbonyl (C=O) groups is 2. The number of nitrogens with one attached hydrogen (secondary N) is 2. The first-order valence-electron chi connectivity index (χ1n) is 11.2. The summed E-state index contributed by atoms with van der Waals surface area (Å²) in [6.45, 7) is 0.851. The number of imide groups is 1. The van der Waals surface area contributed by atoms with Gasteiger partial charge < -0.3 is 15.3 Å². The number of aliphatic hydroxyl groups is 1. The van der Waals surface area contributed by atoms with Gasteiger partial charge in [0.15, 0.2) is 0 Å². The van der Waals surface area contributed by atoms with Crippen molar-refractivity contribution >= 4 is 40.7 Å². The number of aliphatic hydroxyl groups excluding tert-OH is 1. The number of benzene rings is 2. The first-order chi connectivity index (χ1) is 16.4. The fraction of sp³-hybridized carbons (Fsp3) is 0.320. The van der Waals surface area contributed by atoms with E-state index in [1.807, 2.05) is 17.0 Å². The number of nitrogens with zero attached hydrogens (tertiary/aromatic N) is 2. The smallest absolute Gasteiger partial charge is 0.278 e. The highest BCUT2D eigenvalue weighted by molar-refractivity contribution is 6.31. The molecule has 34 heavy (non-hydrogen) atoms. The Labute approximate surface area is 208 Å². The van der Waals surface area contributed by atoms with Crippen LogP contribution in [-0.4, -0.2) is 58.2 Å². The molecule has 0 aliphatic carbocycles. The molecule has 4 rings (SSSR count). The van der Waals surface area contributed by atoms with Crippen molar-refractivity contribution in [3.05, 3.63) is 81.1 Å². The van der Waals surface area contributed by atoms with E-state index < -0.39 is 11.9 Å². The van der Waals surface area contributed by atoms with Crippen LogP contribution in [0.3, 0.4) is 0 Å². The molecule has 1 unspecified atom stereocenters. The fourth-order valence-electron chi connectivity index (χ4n) is 4.39. The Morgan fingerprint density at radius 2 is 1.88 bits per heavy atom. The molecule has 0 radical (unpaired) electrons. The standard InChI is InChI=1S/C25H26Cl2N4O3/c26-18-9-7-16(8-10-18)15-29-22-23(21(28)17-4-1-5-19(27)14-17)30-11-2-6-20(30)24(33)31(25(22)34)12-3-13-32/h1,4-5,7-10,14,20,28-29,32H,2-3,6,11-13,15H2. The summed E-state index contributed by atoms with van der Waals surface area (Å²) in [5.74, 6) is -0.792. The van der Waals surface area contributed by atoms with Gasteiger partial charge in [0.2, 0.25) is 0 Å². The number of hydrogen-bond acceptors (Lipinski definition) is 6. The number of carbonyl (C=O) groups excluding carboxylic acids is 2. The first kappa shape index (κ1) is 24.3. The zero-order chi connectivity index (χ0) is 24.2. The maximum Gasteiger partial charge on any atom is 0.278 e. The quantitative estimate of drug-likeness (QED) is 0.380. The SMILES string of the molecule is N=C(C1=C(NCc2ccc(Cl)cc2)C(=O)N(CCCO)C(=O)C2CCCN12)c1cccc(Cl)c1. The van der Waals surface area contributed by atoms with Crippen LogP contribution in [0.2, 0.25) is 10.0 Å². The number of allylic oxidation sites excluding steroid dienone is 1. The van der Waals surface area contributed by atoms with Gasteiger partial charge in [0, 0.05) is 41.8 Å². The van der Waals surface area contributed by atoms with Crippen LogP contribution < -0.4 is 5.32 Å². The molecule has 3 N–H and O–H groups in total. The van der Waals surface area contributed by atoms with Crippen LogP contribution in [-0.2, 0) is 16.1 Å². The van der Waals surface area contributed by atoms with Crippen molar-refractivity contribution in [3.8, 4) is 0 Å². The van der Waals surface area contributed by atoms with Gasteiger partial charge in [-0.2, -0.15) is 0 Å². The van der Waals surface area contributed by atoms with Gasteiger partial charge in [-0.15, -0.1) is 0 Å². The van der Waals surface area contributed by atoms with E-state index in [-0.39, 0.29) is 36.9 Å². The third-order valence-corrected chi connectivity index (χ3v) is 6.55. The van der Waals surface area contributed by atoms with Crippen molar-refractivity contribution < 1.29 is 14.7 Å². The zero-order valence-corrected chi connectivity index (χ0v) is 20.1. The minimum Gasteiger partial charge on any atom is -0.396 e. The summed E-state index contributed by atoms with van der Waals surface area (Å²) < 4.78 is 0. The van der Waals surface area contributed by atoms with E-state index in [4.69, 9.17) is 28.6 Å². The van der Waals surface area contributed by atoms with Crippen molar-refractivity contribution in [2.24, 2.45) is 0 Å². The van der Waals surface area contributed by atoms with Crippen LogP contribution in [0.5, 0.6) is 0 Å². The van der Waals surface area contributed by atoms with Crippen LogP contribution in [0, 0.1) is 5.41 Å². The monoisotopic (exact) mass is 500 g/mol. The highest BCUT2D eigenvalue weighted by Crippen LogP contribution is 2.32. The Morgan fingerprint density at radius 1 is 1.12 bits per heavy atom. The minimum atomic E-state index is -0.535. The molecule has 0 aromatic heterocycles. The highest BCUT2D eigenvalue weighted by Gasteiger charge is 2.44. The van der Waals surface area contributed by atoms with Crippen molar-refractivity contribution in [1.29, 1.82) is 5.41 Å². The van der Waals surface area contributed by atoms with E-state index >= 15 is 0 Å². The van der Waals surface area contributed by atoms with Gasteiger partial charge in [0.1, 0.15) is 11.7 Å². The lowest BCUT2D eigenvalue weighted by atomic mass is 10.0. The van der Waals surface area contributed by atoms with Crippen LogP contribution in [0.4, 0.5) is 0 Å². The average molecular weight is 501 g/mol. The van der Waals surface area contributed by atoms with E-state index in [9.17, 15) is 14.7 Å². The normalized spacial score (nSPS) is 18.3. The molecular weight excluding hydrogens is 475 g/mol. The van der Waals surface area contributed by atoms with Gasteiger partial charge in [-0.05, 0) is 49.1 Å². The lowest BCUT2D eigenvalue weighted by molar-refractivity contribution is -0.144. The lowest BCUT2D eigenvalue weighted by Gasteiger charge is -2.28. The van der Waals surface area contributed by atoms with Gasteiger partial charge in [0.25, 0.3) is 11.8 Å². The van der Waals surface area contributed by atoms with Crippen molar-refractivity contribution in [2.45, 2.75) is 31.8 Å². The summed E-state index contributed by atoms with van der Waals surface area (Å²) in [4.78, 5) is 30.2. The molecular formula is C25H26Cl2N4O3. The largest absolute Gasteiger partial charge is 0.396 e. The van der Waals surface area contributed by atoms with Gasteiger partial charge in [-0.25, -0.2) is 0 Å². The number of halogens is 2. The predicted octanol–water partition coefficient (Wildman–Crippen LogP) is 3.58. The molecule has 7 nitrogen and oxygen atoms in total. The fourth-order valence-corrected chi connectivity index (χ4v) is 4.71. The van der Waals surface area contributed by atoms with Gasteiger partial charge >= 0.3 is 0 Å². The van der Waals surface area contributed by atoms with Gasteiger partial charge in [-0.1, -0.05) is 47.5 Å². The molecule has 2 aliphatic rings. The molecule has 2 aliphatic heterocycles. The molecule has 2 heterocycles. The topological polar surface area (TPSA) is 96.7 Å². The van der Waals surface area contributed by atoms with Gasteiger partial charge in [-0.3, -0.25) is 19.9 Å². The molecule has 1 saturated heterocycles. The van der Waals surface area contributed by atoms with E-state index in [0.717, 1.165) is 12.0 Å². The summed E-state index contributed by atoms with van der Waals surface area (Å²) in [5.41, 5.74) is 2.16. The number of rotatable bonds is 8. The second kappa shape index (κ2) is 10.6. The molecule has 1 fully saturated rings. The zero-order valence-electron chi connectivity index (χ0n) is 18.6. The Bertz CT molecular complexity index is 1130. The van der Waals surface area contributed by atoms with Crippen molar-refractivity contribution in [1.82, 2.24) is 15.1 Å². The summed E-state index contributed by atoms with van der Waals surface area (Å²) in [6, 6.07) is 13.6. The molecule has 2 aromatic carbocycles. The second-order valence-corrected chi connectivity index (χ2v) is 9.19. The maximum absolute atomic E-state index is 13.7. The third kappa shape index (κ3) is 4.97. The maximum atomic E-state index is 13.7. The van der Waals surface area contributed by atoms with Crippen LogP contribution in [0.25, 0.3) is 0 Å². The van der Waals surface area contributed by atoms with Crippen LogP contribution in [0.1, 0.15) is 30.4 Å². The summed E-state index contributed by atoms with van der Waals surface area (Å²) in [7, 11) is 0. The Morgan fingerprint density at radius 3 is 2.59 bits per heavy atom. The van der Waals surface area contributed by atoms with Crippen molar-refractivity contribution in [3.63, 3.8) is 0 Å². The molecule has 0 spiro atoms. The molecule has 1 atom stereocenters. The second-order valence-electron chi connectivity index (χ2n) is 8.31. The third-order valence-electron chi connectivity index (χ3n) is 6.06. The summed E-state index contributed by atoms with van der Waals surface area (Å²) in [6.07, 6.45) is 1.66. The van der Waals surface area contributed by atoms with Crippen molar-refractivity contribution in [2.75, 3.05) is 19.7 Å². The van der Waals surface area contributed by atoms with E-state index in [2.05, 4.69) is 5.32 Å². The lowest BCUT2D eigenvalue weighted by Crippen LogP contribution is -2.46. The van der Waals surface area contributed by atoms with E-state index in [0.29, 0.717) is 40.8 Å². The van der Waals surface area contributed by atoms with Gasteiger partial charge in [0.05, 0.1) is 11.4 Å². The molecule has 2 aromatic rings. The summed E-state index contributed by atoms with van der Waals surface area (Å²) in [5, 5.41) is 22.7.